The molecule has 1 aromatic carbocycles. The van der Waals surface area contributed by atoms with E-state index >= 15 is 0 Å². The van der Waals surface area contributed by atoms with Crippen molar-refractivity contribution >= 4 is 49.8 Å². The van der Waals surface area contributed by atoms with E-state index in [1.54, 1.807) is 43.0 Å². The average Bonchev–Trinajstić information content (AvgIpc) is 2.93. The molecule has 7 nitrogen and oxygen atoms in total. The van der Waals surface area contributed by atoms with Crippen molar-refractivity contribution in [3.05, 3.63) is 29.8 Å². The van der Waals surface area contributed by atoms with E-state index in [0.717, 1.165) is 10.6 Å². The number of benzene rings is 1. The minimum absolute atomic E-state index is 0.314. The van der Waals surface area contributed by atoms with Gasteiger partial charge in [-0.2, -0.15) is 0 Å². The number of nitrogens with one attached hydrogen (secondary N) is 1. The summed E-state index contributed by atoms with van der Waals surface area (Å²) >= 11 is 2.90. The molecule has 1 heterocycles. The predicted octanol–water partition coefficient (Wildman–Crippen LogP) is 3.08. The molecule has 0 saturated heterocycles. The SMILES string of the molecule is CCN(c1ccc(C(=O)Nc2nnc(SC(C)C)s2)cc1)S(C)(=O)=O. The minimum atomic E-state index is -3.34. The van der Waals surface area contributed by atoms with Gasteiger partial charge in [-0.05, 0) is 31.2 Å². The number of hydrogen-bond donors (Lipinski definition) is 1. The summed E-state index contributed by atoms with van der Waals surface area (Å²) in [5.74, 6) is -0.314. The van der Waals surface area contributed by atoms with Crippen LogP contribution in [0.25, 0.3) is 0 Å². The fraction of sp³-hybridized carbons (Fsp3) is 0.400. The molecule has 0 bridgehead atoms. The van der Waals surface area contributed by atoms with Crippen LogP contribution in [0.2, 0.25) is 0 Å². The second-order valence-electron chi connectivity index (χ2n) is 5.47. The number of thioether (sulfide) groups is 1. The van der Waals surface area contributed by atoms with E-state index in [4.69, 9.17) is 0 Å². The number of amides is 1. The molecule has 2 rings (SSSR count). The molecule has 136 valence electrons. The van der Waals surface area contributed by atoms with Crippen molar-refractivity contribution in [1.82, 2.24) is 10.2 Å². The third kappa shape index (κ3) is 5.41. The lowest BCUT2D eigenvalue weighted by atomic mass is 10.2. The summed E-state index contributed by atoms with van der Waals surface area (Å²) in [6.45, 7) is 6.19. The van der Waals surface area contributed by atoms with Gasteiger partial charge in [0.1, 0.15) is 0 Å². The van der Waals surface area contributed by atoms with Gasteiger partial charge in [0.05, 0.1) is 11.9 Å². The summed E-state index contributed by atoms with van der Waals surface area (Å²) in [6, 6.07) is 6.39. The van der Waals surface area contributed by atoms with Gasteiger partial charge in [0, 0.05) is 17.4 Å². The van der Waals surface area contributed by atoms with E-state index in [9.17, 15) is 13.2 Å². The maximum Gasteiger partial charge on any atom is 0.257 e. The Labute approximate surface area is 155 Å². The molecule has 0 aliphatic carbocycles. The van der Waals surface area contributed by atoms with Crippen LogP contribution in [-0.2, 0) is 10.0 Å². The standard InChI is InChI=1S/C15H20N4O3S3/c1-5-19(25(4,21)22)12-8-6-11(7-9-12)13(20)16-14-17-18-15(24-14)23-10(2)3/h6-10H,5H2,1-4H3,(H,16,17,20). The normalized spacial score (nSPS) is 11.6. The third-order valence-corrected chi connectivity index (χ3v) is 6.26. The van der Waals surface area contributed by atoms with Crippen LogP contribution < -0.4 is 9.62 Å². The molecule has 0 fully saturated rings. The Balaban J connectivity index is 2.09. The van der Waals surface area contributed by atoms with Crippen LogP contribution in [0.5, 0.6) is 0 Å². The maximum absolute atomic E-state index is 12.3. The van der Waals surface area contributed by atoms with Crippen LogP contribution in [0, 0.1) is 0 Å². The van der Waals surface area contributed by atoms with Crippen molar-refractivity contribution in [2.45, 2.75) is 30.4 Å². The van der Waals surface area contributed by atoms with Crippen LogP contribution in [0.3, 0.4) is 0 Å². The van der Waals surface area contributed by atoms with E-state index in [1.807, 2.05) is 0 Å². The van der Waals surface area contributed by atoms with Gasteiger partial charge in [0.2, 0.25) is 15.2 Å². The zero-order valence-corrected chi connectivity index (χ0v) is 16.8. The zero-order valence-electron chi connectivity index (χ0n) is 14.4. The molecule has 0 spiro atoms. The second kappa shape index (κ2) is 8.15. The molecule has 0 unspecified atom stereocenters. The van der Waals surface area contributed by atoms with Crippen LogP contribution in [-0.4, -0.2) is 42.6 Å². The molecule has 2 aromatic rings. The van der Waals surface area contributed by atoms with E-state index in [-0.39, 0.29) is 5.91 Å². The average molecular weight is 401 g/mol. The zero-order chi connectivity index (χ0) is 18.6. The molecule has 0 atom stereocenters. The quantitative estimate of drug-likeness (QED) is 0.567. The summed E-state index contributed by atoms with van der Waals surface area (Å²) in [6.07, 6.45) is 1.15. The van der Waals surface area contributed by atoms with Gasteiger partial charge in [-0.1, -0.05) is 36.9 Å². The third-order valence-electron chi connectivity index (χ3n) is 3.07. The molecule has 0 aliphatic rings. The lowest BCUT2D eigenvalue weighted by Gasteiger charge is -2.20. The number of nitrogens with zero attached hydrogens (tertiary/aromatic N) is 3. The van der Waals surface area contributed by atoms with Crippen molar-refractivity contribution in [3.63, 3.8) is 0 Å². The Bertz CT molecular complexity index is 832. The van der Waals surface area contributed by atoms with E-state index < -0.39 is 10.0 Å². The Kier molecular flexibility index (Phi) is 6.42. The van der Waals surface area contributed by atoms with Gasteiger partial charge in [0.15, 0.2) is 4.34 Å². The van der Waals surface area contributed by atoms with Crippen LogP contribution in [0.15, 0.2) is 28.6 Å². The fourth-order valence-electron chi connectivity index (χ4n) is 2.07. The lowest BCUT2D eigenvalue weighted by molar-refractivity contribution is 0.102. The lowest BCUT2D eigenvalue weighted by Crippen LogP contribution is -2.29. The summed E-state index contributed by atoms with van der Waals surface area (Å²) in [4.78, 5) is 12.3. The summed E-state index contributed by atoms with van der Waals surface area (Å²) in [5, 5.41) is 11.5. The van der Waals surface area contributed by atoms with Gasteiger partial charge < -0.3 is 0 Å². The second-order valence-corrected chi connectivity index (χ2v) is 10.2. The Morgan fingerprint density at radius 1 is 1.28 bits per heavy atom. The number of carbonyl (C=O) groups is 1. The Hall–Kier alpha value is -1.65. The van der Waals surface area contributed by atoms with E-state index in [2.05, 4.69) is 29.4 Å². The minimum Gasteiger partial charge on any atom is -0.296 e. The van der Waals surface area contributed by atoms with Crippen LogP contribution >= 0.6 is 23.1 Å². The topological polar surface area (TPSA) is 92.3 Å². The number of anilines is 2. The van der Waals surface area contributed by atoms with Gasteiger partial charge in [0.25, 0.3) is 5.91 Å². The van der Waals surface area contributed by atoms with Crippen molar-refractivity contribution in [1.29, 1.82) is 0 Å². The maximum atomic E-state index is 12.3. The largest absolute Gasteiger partial charge is 0.296 e. The first-order chi connectivity index (χ1) is 11.7. The molecule has 1 aromatic heterocycles. The highest BCUT2D eigenvalue weighted by Gasteiger charge is 2.16. The van der Waals surface area contributed by atoms with Gasteiger partial charge in [-0.15, -0.1) is 10.2 Å². The van der Waals surface area contributed by atoms with E-state index in [0.29, 0.717) is 28.2 Å². The number of sulfonamides is 1. The van der Waals surface area contributed by atoms with Crippen molar-refractivity contribution in [2.75, 3.05) is 22.4 Å². The Morgan fingerprint density at radius 2 is 1.92 bits per heavy atom. The van der Waals surface area contributed by atoms with Gasteiger partial charge >= 0.3 is 0 Å². The van der Waals surface area contributed by atoms with Crippen LogP contribution in [0.4, 0.5) is 10.8 Å². The van der Waals surface area contributed by atoms with Gasteiger partial charge in [-0.25, -0.2) is 8.42 Å². The highest BCUT2D eigenvalue weighted by Crippen LogP contribution is 2.28. The van der Waals surface area contributed by atoms with Crippen molar-refractivity contribution in [3.8, 4) is 0 Å². The fourth-order valence-corrected chi connectivity index (χ4v) is 5.01. The smallest absolute Gasteiger partial charge is 0.257 e. The van der Waals surface area contributed by atoms with Crippen LogP contribution in [0.1, 0.15) is 31.1 Å². The predicted molar refractivity (Wildman–Crippen MR) is 103 cm³/mol. The van der Waals surface area contributed by atoms with Gasteiger partial charge in [-0.3, -0.25) is 14.4 Å². The highest BCUT2D eigenvalue weighted by molar-refractivity contribution is 8.01. The summed E-state index contributed by atoms with van der Waals surface area (Å²) < 4.78 is 25.5. The molecule has 25 heavy (non-hydrogen) atoms. The monoisotopic (exact) mass is 400 g/mol. The Morgan fingerprint density at radius 3 is 2.44 bits per heavy atom. The number of carbonyl (C=O) groups excluding carboxylic acids is 1. The molecule has 1 amide bonds. The number of hydrogen-bond acceptors (Lipinski definition) is 7. The summed E-state index contributed by atoms with van der Waals surface area (Å²) in [5.41, 5.74) is 0.939. The first kappa shape index (κ1) is 19.7. The number of aromatic nitrogens is 2. The molecular weight excluding hydrogens is 380 g/mol. The van der Waals surface area contributed by atoms with E-state index in [1.165, 1.54) is 15.6 Å². The number of rotatable bonds is 7. The molecular formula is C15H20N4O3S3. The molecule has 1 N–H and O–H groups in total. The first-order valence-electron chi connectivity index (χ1n) is 7.60. The summed E-state index contributed by atoms with van der Waals surface area (Å²) in [7, 11) is -3.34. The highest BCUT2D eigenvalue weighted by atomic mass is 32.2. The molecule has 0 aliphatic heterocycles. The molecule has 10 heteroatoms. The molecule has 0 radical (unpaired) electrons. The molecule has 0 saturated carbocycles. The first-order valence-corrected chi connectivity index (χ1v) is 11.1. The van der Waals surface area contributed by atoms with Crippen molar-refractivity contribution in [2.24, 2.45) is 0 Å². The van der Waals surface area contributed by atoms with Crippen molar-refractivity contribution < 1.29 is 13.2 Å².